The molecule has 2 saturated heterocycles. The number of nitrogens with zero attached hydrogens (tertiary/aromatic N) is 4. The molecule has 0 radical (unpaired) electrons. The van der Waals surface area contributed by atoms with Crippen molar-refractivity contribution in [1.29, 1.82) is 0 Å². The van der Waals surface area contributed by atoms with Crippen LogP contribution in [-0.4, -0.2) is 72.5 Å². The third-order valence-corrected chi connectivity index (χ3v) is 7.36. The summed E-state index contributed by atoms with van der Waals surface area (Å²) >= 11 is 0. The first-order valence-electron chi connectivity index (χ1n) is 12.2. The van der Waals surface area contributed by atoms with Crippen LogP contribution in [0.3, 0.4) is 0 Å². The van der Waals surface area contributed by atoms with E-state index in [4.69, 9.17) is 0 Å². The molecule has 2 fully saturated rings. The van der Waals surface area contributed by atoms with E-state index in [1.165, 1.54) is 4.90 Å². The number of hydrogen-bond donors (Lipinski definition) is 3. The number of aromatic nitrogens is 2. The smallest absolute Gasteiger partial charge is 0.407 e. The highest BCUT2D eigenvalue weighted by molar-refractivity contribution is 6.25. The zero-order valence-electron chi connectivity index (χ0n) is 20.6. The van der Waals surface area contributed by atoms with Crippen molar-refractivity contribution in [2.45, 2.75) is 63.7 Å². The number of fused-ring (bicyclic) bond motifs is 1. The summed E-state index contributed by atoms with van der Waals surface area (Å²) in [5.74, 6) is -2.19. The number of imide groups is 2. The molecule has 3 N–H and O–H groups in total. The largest absolute Gasteiger partial charge is 0.465 e. The molecule has 1 aromatic carbocycles. The van der Waals surface area contributed by atoms with Crippen LogP contribution in [-0.2, 0) is 16.1 Å². The fraction of sp³-hybridized carbons (Fsp3) is 0.440. The van der Waals surface area contributed by atoms with Crippen LogP contribution in [0.15, 0.2) is 30.6 Å². The molecule has 0 aliphatic carbocycles. The average Bonchev–Trinajstić information content (AvgIpc) is 3.41. The molecule has 5 rings (SSSR count). The summed E-state index contributed by atoms with van der Waals surface area (Å²) in [4.78, 5) is 64.0. The Morgan fingerprint density at radius 2 is 1.97 bits per heavy atom. The van der Waals surface area contributed by atoms with Gasteiger partial charge in [-0.2, -0.15) is 5.10 Å². The first-order chi connectivity index (χ1) is 17.6. The third-order valence-electron chi connectivity index (χ3n) is 7.36. The van der Waals surface area contributed by atoms with Crippen molar-refractivity contribution >= 4 is 35.4 Å². The van der Waals surface area contributed by atoms with Gasteiger partial charge in [0.15, 0.2) is 0 Å². The number of carbonyl (C=O) groups excluding carboxylic acids is 4. The molecule has 3 aliphatic heterocycles. The number of amides is 5. The lowest BCUT2D eigenvalue weighted by Crippen LogP contribution is -2.54. The SMILES string of the molecule is CC1(C)CC(n2cc(CNc3cccc4c3C(=O)N(C3CCC(=O)NC3=O)C4=O)cn2)CCN1C(=O)O. The molecule has 12 nitrogen and oxygen atoms in total. The van der Waals surface area contributed by atoms with Gasteiger partial charge in [0.1, 0.15) is 6.04 Å². The highest BCUT2D eigenvalue weighted by atomic mass is 16.4. The molecule has 37 heavy (non-hydrogen) atoms. The highest BCUT2D eigenvalue weighted by Crippen LogP contribution is 2.35. The normalized spacial score (nSPS) is 23.2. The summed E-state index contributed by atoms with van der Waals surface area (Å²) < 4.78 is 1.85. The van der Waals surface area contributed by atoms with Crippen LogP contribution in [0.4, 0.5) is 10.5 Å². The van der Waals surface area contributed by atoms with Gasteiger partial charge in [-0.1, -0.05) is 6.07 Å². The van der Waals surface area contributed by atoms with E-state index in [1.54, 1.807) is 24.4 Å². The van der Waals surface area contributed by atoms with Crippen molar-refractivity contribution in [2.75, 3.05) is 11.9 Å². The van der Waals surface area contributed by atoms with Crippen molar-refractivity contribution < 1.29 is 29.1 Å². The second-order valence-corrected chi connectivity index (χ2v) is 10.3. The summed E-state index contributed by atoms with van der Waals surface area (Å²) in [6.07, 6.45) is 4.14. The Bertz CT molecular complexity index is 1320. The van der Waals surface area contributed by atoms with Gasteiger partial charge in [0, 0.05) is 42.5 Å². The molecule has 5 amide bonds. The molecule has 3 aliphatic rings. The summed E-state index contributed by atoms with van der Waals surface area (Å²) in [6, 6.07) is 3.96. The van der Waals surface area contributed by atoms with Gasteiger partial charge in [-0.15, -0.1) is 0 Å². The van der Waals surface area contributed by atoms with Gasteiger partial charge in [0.25, 0.3) is 11.8 Å². The molecule has 0 spiro atoms. The third kappa shape index (κ3) is 4.32. The number of hydrogen-bond acceptors (Lipinski definition) is 7. The molecule has 4 heterocycles. The van der Waals surface area contributed by atoms with Crippen molar-refractivity contribution in [3.05, 3.63) is 47.3 Å². The van der Waals surface area contributed by atoms with E-state index in [0.29, 0.717) is 31.6 Å². The zero-order valence-corrected chi connectivity index (χ0v) is 20.6. The summed E-state index contributed by atoms with van der Waals surface area (Å²) in [7, 11) is 0. The van der Waals surface area contributed by atoms with Crippen LogP contribution in [0.2, 0.25) is 0 Å². The molecule has 2 aromatic rings. The van der Waals surface area contributed by atoms with Gasteiger partial charge in [-0.25, -0.2) is 4.79 Å². The molecular weight excluding hydrogens is 480 g/mol. The molecule has 0 bridgehead atoms. The second kappa shape index (κ2) is 9.02. The van der Waals surface area contributed by atoms with Gasteiger partial charge in [-0.3, -0.25) is 34.1 Å². The van der Waals surface area contributed by atoms with E-state index >= 15 is 0 Å². The van der Waals surface area contributed by atoms with Gasteiger partial charge < -0.3 is 15.3 Å². The fourth-order valence-electron chi connectivity index (χ4n) is 5.48. The number of carboxylic acid groups (broad SMARTS) is 1. The Morgan fingerprint density at radius 3 is 2.68 bits per heavy atom. The molecule has 12 heteroatoms. The maximum absolute atomic E-state index is 13.2. The lowest BCUT2D eigenvalue weighted by atomic mass is 9.87. The lowest BCUT2D eigenvalue weighted by Gasteiger charge is -2.43. The van der Waals surface area contributed by atoms with Crippen LogP contribution in [0.1, 0.15) is 71.9 Å². The summed E-state index contributed by atoms with van der Waals surface area (Å²) in [6.45, 7) is 4.58. The number of piperidine rings is 2. The molecule has 0 saturated carbocycles. The van der Waals surface area contributed by atoms with Gasteiger partial charge in [0.05, 0.1) is 23.4 Å². The van der Waals surface area contributed by atoms with E-state index in [2.05, 4.69) is 15.7 Å². The maximum atomic E-state index is 13.2. The Hall–Kier alpha value is -4.22. The molecule has 2 unspecified atom stereocenters. The standard InChI is InChI=1S/C25H28N6O6/c1-25(2)10-15(8-9-29(25)24(36)37)30-13-14(12-27-30)11-26-17-5-3-4-16-20(17)23(35)31(22(16)34)18-6-7-19(32)28-21(18)33/h3-5,12-13,15,18,26H,6-11H2,1-2H3,(H,36,37)(H,28,32,33). The number of rotatable bonds is 5. The van der Waals surface area contributed by atoms with Crippen LogP contribution in [0, 0.1) is 0 Å². The van der Waals surface area contributed by atoms with Crippen molar-refractivity contribution in [2.24, 2.45) is 0 Å². The predicted molar refractivity (Wildman–Crippen MR) is 130 cm³/mol. The Labute approximate surface area is 212 Å². The van der Waals surface area contributed by atoms with Gasteiger partial charge >= 0.3 is 6.09 Å². The molecule has 2 atom stereocenters. The molecular formula is C25H28N6O6. The zero-order chi connectivity index (χ0) is 26.5. The van der Waals surface area contributed by atoms with E-state index < -0.39 is 41.3 Å². The number of benzene rings is 1. The van der Waals surface area contributed by atoms with Crippen molar-refractivity contribution in [1.82, 2.24) is 24.9 Å². The Kier molecular flexibility index (Phi) is 5.97. The van der Waals surface area contributed by atoms with E-state index in [9.17, 15) is 29.1 Å². The minimum atomic E-state index is -1.02. The topological polar surface area (TPSA) is 154 Å². The quantitative estimate of drug-likeness (QED) is 0.518. The second-order valence-electron chi connectivity index (χ2n) is 10.3. The number of nitrogens with one attached hydrogen (secondary N) is 2. The Balaban J connectivity index is 1.29. The number of likely N-dealkylation sites (tertiary alicyclic amines) is 1. The Morgan fingerprint density at radius 1 is 1.19 bits per heavy atom. The fourth-order valence-corrected chi connectivity index (χ4v) is 5.48. The van der Waals surface area contributed by atoms with Crippen molar-refractivity contribution in [3.8, 4) is 0 Å². The molecule has 1 aromatic heterocycles. The van der Waals surface area contributed by atoms with Crippen LogP contribution < -0.4 is 10.6 Å². The number of anilines is 1. The van der Waals surface area contributed by atoms with Gasteiger partial charge in [-0.05, 0) is 45.2 Å². The first-order valence-corrected chi connectivity index (χ1v) is 12.2. The van der Waals surface area contributed by atoms with Crippen LogP contribution in [0.5, 0.6) is 0 Å². The van der Waals surface area contributed by atoms with Crippen LogP contribution in [0.25, 0.3) is 0 Å². The van der Waals surface area contributed by atoms with E-state index in [0.717, 1.165) is 10.5 Å². The van der Waals surface area contributed by atoms with Crippen molar-refractivity contribution in [3.63, 3.8) is 0 Å². The summed E-state index contributed by atoms with van der Waals surface area (Å²) in [5, 5.41) is 19.3. The predicted octanol–water partition coefficient (Wildman–Crippen LogP) is 1.99. The summed E-state index contributed by atoms with van der Waals surface area (Å²) in [5.41, 5.74) is 1.23. The monoisotopic (exact) mass is 508 g/mol. The van der Waals surface area contributed by atoms with Crippen LogP contribution >= 0.6 is 0 Å². The van der Waals surface area contributed by atoms with E-state index in [1.807, 2.05) is 24.7 Å². The van der Waals surface area contributed by atoms with Gasteiger partial charge in [0.2, 0.25) is 11.8 Å². The maximum Gasteiger partial charge on any atom is 0.407 e. The minimum Gasteiger partial charge on any atom is -0.465 e. The number of carbonyl (C=O) groups is 5. The lowest BCUT2D eigenvalue weighted by molar-refractivity contribution is -0.136. The van der Waals surface area contributed by atoms with E-state index in [-0.39, 0.29) is 30.0 Å². The average molecular weight is 509 g/mol. The minimum absolute atomic E-state index is 0.0570. The highest BCUT2D eigenvalue weighted by Gasteiger charge is 2.45. The first kappa shape index (κ1) is 24.5. The molecule has 194 valence electrons.